The molecular formula is C20H22N4. The zero-order valence-corrected chi connectivity index (χ0v) is 14.1. The molecule has 0 spiro atoms. The molecule has 0 amide bonds. The number of aromatic nitrogens is 2. The molecule has 2 aromatic heterocycles. The highest BCUT2D eigenvalue weighted by Crippen LogP contribution is 2.15. The van der Waals surface area contributed by atoms with Crippen molar-refractivity contribution in [3.8, 4) is 0 Å². The Kier molecular flexibility index (Phi) is 5.06. The van der Waals surface area contributed by atoms with Crippen LogP contribution in [0, 0.1) is 0 Å². The van der Waals surface area contributed by atoms with E-state index < -0.39 is 0 Å². The van der Waals surface area contributed by atoms with Gasteiger partial charge in [-0.25, -0.2) is 9.97 Å². The highest BCUT2D eigenvalue weighted by Gasteiger charge is 2.05. The molecule has 3 rings (SSSR count). The third-order valence-corrected chi connectivity index (χ3v) is 3.94. The molecule has 0 N–H and O–H groups in total. The van der Waals surface area contributed by atoms with Gasteiger partial charge in [-0.3, -0.25) is 0 Å². The van der Waals surface area contributed by atoms with Gasteiger partial charge in [-0.05, 0) is 35.4 Å². The summed E-state index contributed by atoms with van der Waals surface area (Å²) < 4.78 is 0. The maximum Gasteiger partial charge on any atom is 0.128 e. The van der Waals surface area contributed by atoms with Crippen LogP contribution in [0.2, 0.25) is 0 Å². The molecule has 0 aliphatic heterocycles. The fraction of sp³-hybridized carbons (Fsp3) is 0.200. The van der Waals surface area contributed by atoms with E-state index in [2.05, 4.69) is 58.1 Å². The maximum absolute atomic E-state index is 4.38. The lowest BCUT2D eigenvalue weighted by Gasteiger charge is -2.20. The monoisotopic (exact) mass is 318 g/mol. The second kappa shape index (κ2) is 7.59. The van der Waals surface area contributed by atoms with Crippen LogP contribution >= 0.6 is 0 Å². The fourth-order valence-electron chi connectivity index (χ4n) is 2.62. The first-order valence-corrected chi connectivity index (χ1v) is 8.04. The Morgan fingerprint density at radius 3 is 1.38 bits per heavy atom. The molecule has 3 aromatic rings. The van der Waals surface area contributed by atoms with Crippen LogP contribution in [0.1, 0.15) is 11.1 Å². The second-order valence-corrected chi connectivity index (χ2v) is 5.90. The Morgan fingerprint density at radius 2 is 1.04 bits per heavy atom. The van der Waals surface area contributed by atoms with E-state index in [0.29, 0.717) is 0 Å². The molecule has 0 aliphatic rings. The Balaban J connectivity index is 1.61. The molecule has 0 saturated heterocycles. The van der Waals surface area contributed by atoms with Crippen molar-refractivity contribution in [1.29, 1.82) is 0 Å². The van der Waals surface area contributed by atoms with Crippen molar-refractivity contribution in [2.24, 2.45) is 0 Å². The summed E-state index contributed by atoms with van der Waals surface area (Å²) in [6.45, 7) is 1.68. The molecule has 4 nitrogen and oxygen atoms in total. The lowest BCUT2D eigenvalue weighted by Crippen LogP contribution is -2.18. The first-order valence-electron chi connectivity index (χ1n) is 8.04. The summed E-state index contributed by atoms with van der Waals surface area (Å²) in [5.41, 5.74) is 2.54. The zero-order chi connectivity index (χ0) is 16.8. The van der Waals surface area contributed by atoms with Gasteiger partial charge in [0.1, 0.15) is 11.6 Å². The molecule has 0 unspecified atom stereocenters. The highest BCUT2D eigenvalue weighted by molar-refractivity contribution is 5.40. The zero-order valence-electron chi connectivity index (χ0n) is 14.1. The molecule has 24 heavy (non-hydrogen) atoms. The number of anilines is 2. The summed E-state index contributed by atoms with van der Waals surface area (Å²) in [6.07, 6.45) is 3.64. The van der Waals surface area contributed by atoms with Crippen molar-refractivity contribution in [2.45, 2.75) is 13.1 Å². The van der Waals surface area contributed by atoms with E-state index in [1.807, 2.05) is 48.8 Å². The second-order valence-electron chi connectivity index (χ2n) is 5.90. The molecule has 0 atom stereocenters. The van der Waals surface area contributed by atoms with E-state index in [0.717, 1.165) is 24.7 Å². The van der Waals surface area contributed by atoms with Crippen LogP contribution in [-0.2, 0) is 13.1 Å². The standard InChI is InChI=1S/C20H22N4/c1-23(19-7-3-5-13-21-19)15-17-9-11-18(12-10-17)16-24(2)20-8-4-6-14-22-20/h3-14H,15-16H2,1-2H3. The fourth-order valence-corrected chi connectivity index (χ4v) is 2.62. The number of nitrogens with zero attached hydrogens (tertiary/aromatic N) is 4. The van der Waals surface area contributed by atoms with Crippen molar-refractivity contribution < 1.29 is 0 Å². The SMILES string of the molecule is CN(Cc1ccc(CN(C)c2ccccn2)cc1)c1ccccn1. The number of hydrogen-bond acceptors (Lipinski definition) is 4. The van der Waals surface area contributed by atoms with Crippen LogP contribution in [0.3, 0.4) is 0 Å². The minimum absolute atomic E-state index is 0.841. The Hall–Kier alpha value is -2.88. The third kappa shape index (κ3) is 4.10. The highest BCUT2D eigenvalue weighted by atomic mass is 15.2. The van der Waals surface area contributed by atoms with Gasteiger partial charge in [-0.1, -0.05) is 36.4 Å². The van der Waals surface area contributed by atoms with Crippen molar-refractivity contribution in [2.75, 3.05) is 23.9 Å². The van der Waals surface area contributed by atoms with Crippen LogP contribution in [0.25, 0.3) is 0 Å². The quantitative estimate of drug-likeness (QED) is 0.693. The normalized spacial score (nSPS) is 10.4. The molecular weight excluding hydrogens is 296 g/mol. The summed E-state index contributed by atoms with van der Waals surface area (Å²) in [7, 11) is 4.12. The van der Waals surface area contributed by atoms with Gasteiger partial charge in [0.05, 0.1) is 0 Å². The number of hydrogen-bond donors (Lipinski definition) is 0. The van der Waals surface area contributed by atoms with E-state index in [-0.39, 0.29) is 0 Å². The molecule has 0 bridgehead atoms. The molecule has 0 aliphatic carbocycles. The first kappa shape index (κ1) is 16.0. The van der Waals surface area contributed by atoms with Crippen LogP contribution in [0.15, 0.2) is 73.1 Å². The van der Waals surface area contributed by atoms with E-state index >= 15 is 0 Å². The molecule has 4 heteroatoms. The smallest absolute Gasteiger partial charge is 0.128 e. The van der Waals surface area contributed by atoms with E-state index in [9.17, 15) is 0 Å². The lowest BCUT2D eigenvalue weighted by molar-refractivity contribution is 0.883. The molecule has 0 fully saturated rings. The number of benzene rings is 1. The summed E-state index contributed by atoms with van der Waals surface area (Å²) in [5, 5.41) is 0. The number of rotatable bonds is 6. The van der Waals surface area contributed by atoms with Gasteiger partial charge in [0.2, 0.25) is 0 Å². The van der Waals surface area contributed by atoms with Gasteiger partial charge in [0.25, 0.3) is 0 Å². The van der Waals surface area contributed by atoms with Crippen molar-refractivity contribution in [1.82, 2.24) is 9.97 Å². The third-order valence-electron chi connectivity index (χ3n) is 3.94. The van der Waals surface area contributed by atoms with Crippen LogP contribution in [-0.4, -0.2) is 24.1 Å². The van der Waals surface area contributed by atoms with Gasteiger partial charge >= 0.3 is 0 Å². The van der Waals surface area contributed by atoms with Crippen LogP contribution < -0.4 is 9.80 Å². The summed E-state index contributed by atoms with van der Waals surface area (Å²) in [4.78, 5) is 13.1. The Bertz CT molecular complexity index is 675. The Labute approximate surface area is 143 Å². The molecule has 1 aromatic carbocycles. The van der Waals surface area contributed by atoms with Crippen molar-refractivity contribution in [3.63, 3.8) is 0 Å². The largest absolute Gasteiger partial charge is 0.355 e. The Morgan fingerprint density at radius 1 is 0.625 bits per heavy atom. The van der Waals surface area contributed by atoms with Gasteiger partial charge in [0, 0.05) is 39.6 Å². The number of pyridine rings is 2. The van der Waals surface area contributed by atoms with E-state index in [1.165, 1.54) is 11.1 Å². The minimum atomic E-state index is 0.841. The predicted molar refractivity (Wildman–Crippen MR) is 99.1 cm³/mol. The van der Waals surface area contributed by atoms with Crippen molar-refractivity contribution in [3.05, 3.63) is 84.2 Å². The molecule has 2 heterocycles. The summed E-state index contributed by atoms with van der Waals surface area (Å²) >= 11 is 0. The average molecular weight is 318 g/mol. The van der Waals surface area contributed by atoms with Gasteiger partial charge in [-0.2, -0.15) is 0 Å². The minimum Gasteiger partial charge on any atom is -0.355 e. The summed E-state index contributed by atoms with van der Waals surface area (Å²) in [5.74, 6) is 1.97. The molecule has 0 saturated carbocycles. The van der Waals surface area contributed by atoms with Crippen LogP contribution in [0.4, 0.5) is 11.6 Å². The van der Waals surface area contributed by atoms with Crippen molar-refractivity contribution >= 4 is 11.6 Å². The first-order chi connectivity index (χ1) is 11.7. The topological polar surface area (TPSA) is 32.3 Å². The summed E-state index contributed by atoms with van der Waals surface area (Å²) in [6, 6.07) is 20.7. The molecule has 122 valence electrons. The van der Waals surface area contributed by atoms with E-state index in [1.54, 1.807) is 0 Å². The average Bonchev–Trinajstić information content (AvgIpc) is 2.65. The predicted octanol–water partition coefficient (Wildman–Crippen LogP) is 3.75. The maximum atomic E-state index is 4.38. The van der Waals surface area contributed by atoms with Gasteiger partial charge in [-0.15, -0.1) is 0 Å². The van der Waals surface area contributed by atoms with Gasteiger partial charge in [0.15, 0.2) is 0 Å². The van der Waals surface area contributed by atoms with Gasteiger partial charge < -0.3 is 9.80 Å². The molecule has 0 radical (unpaired) electrons. The van der Waals surface area contributed by atoms with Crippen LogP contribution in [0.5, 0.6) is 0 Å². The van der Waals surface area contributed by atoms with E-state index in [4.69, 9.17) is 0 Å². The lowest BCUT2D eigenvalue weighted by atomic mass is 10.1.